The monoisotopic (exact) mass is 421 g/mol. The molecule has 3 aliphatic rings. The molecule has 2 amide bonds. The Balaban J connectivity index is 1.30. The second kappa shape index (κ2) is 8.26. The largest absolute Gasteiger partial charge is 0.368 e. The van der Waals surface area contributed by atoms with E-state index in [1.54, 1.807) is 13.0 Å². The van der Waals surface area contributed by atoms with Gasteiger partial charge in [-0.25, -0.2) is 4.63 Å². The first-order valence-corrected chi connectivity index (χ1v) is 11.0. The molecule has 8 heteroatoms. The van der Waals surface area contributed by atoms with Crippen molar-refractivity contribution in [2.45, 2.75) is 32.7 Å². The number of amides is 2. The number of allylic oxidation sites excluding steroid dienone is 2. The van der Waals surface area contributed by atoms with Gasteiger partial charge >= 0.3 is 0 Å². The molecule has 162 valence electrons. The summed E-state index contributed by atoms with van der Waals surface area (Å²) in [6, 6.07) is 5.56. The van der Waals surface area contributed by atoms with Crippen LogP contribution in [-0.2, 0) is 6.54 Å². The van der Waals surface area contributed by atoms with Crippen molar-refractivity contribution < 1.29 is 14.2 Å². The lowest BCUT2D eigenvalue weighted by Gasteiger charge is -2.38. The molecule has 1 aromatic carbocycles. The van der Waals surface area contributed by atoms with Crippen molar-refractivity contribution in [2.24, 2.45) is 5.92 Å². The molecule has 0 bridgehead atoms. The Morgan fingerprint density at radius 1 is 1.06 bits per heavy atom. The molecule has 1 unspecified atom stereocenters. The smallest absolute Gasteiger partial charge is 0.264 e. The quantitative estimate of drug-likeness (QED) is 0.542. The summed E-state index contributed by atoms with van der Waals surface area (Å²) < 4.78 is 4.72. The number of aromatic nitrogens is 2. The molecular formula is C23H27N5O3. The highest BCUT2D eigenvalue weighted by molar-refractivity contribution is 6.23. The number of rotatable bonds is 5. The highest BCUT2D eigenvalue weighted by Crippen LogP contribution is 2.33. The highest BCUT2D eigenvalue weighted by Gasteiger charge is 2.39. The van der Waals surface area contributed by atoms with Crippen LogP contribution < -0.4 is 4.90 Å². The van der Waals surface area contributed by atoms with E-state index in [-0.39, 0.29) is 18.4 Å². The van der Waals surface area contributed by atoms with Gasteiger partial charge in [0.1, 0.15) is 11.4 Å². The number of carbonyl (C=O) groups is 2. The van der Waals surface area contributed by atoms with E-state index in [1.807, 2.05) is 12.1 Å². The Labute approximate surface area is 181 Å². The molecule has 31 heavy (non-hydrogen) atoms. The number of carbonyl (C=O) groups excluding carboxylic acids is 2. The average Bonchev–Trinajstić information content (AvgIpc) is 3.31. The van der Waals surface area contributed by atoms with Gasteiger partial charge in [0.15, 0.2) is 0 Å². The van der Waals surface area contributed by atoms with Crippen LogP contribution in [0.15, 0.2) is 35.0 Å². The fraction of sp³-hybridized carbons (Fsp3) is 0.478. The lowest BCUT2D eigenvalue weighted by atomic mass is 9.94. The number of nitrogens with zero attached hydrogens (tertiary/aromatic N) is 5. The zero-order valence-electron chi connectivity index (χ0n) is 17.8. The third-order valence-electron chi connectivity index (χ3n) is 6.64. The van der Waals surface area contributed by atoms with E-state index in [9.17, 15) is 9.59 Å². The third kappa shape index (κ3) is 3.76. The summed E-state index contributed by atoms with van der Waals surface area (Å²) in [5.74, 6) is 0.197. The predicted octanol–water partition coefficient (Wildman–Crippen LogP) is 2.65. The molecule has 0 saturated carbocycles. The van der Waals surface area contributed by atoms with Crippen LogP contribution in [0.4, 0.5) is 5.69 Å². The maximum absolute atomic E-state index is 13.2. The fourth-order valence-electron chi connectivity index (χ4n) is 4.82. The van der Waals surface area contributed by atoms with Gasteiger partial charge in [-0.1, -0.05) is 28.5 Å². The van der Waals surface area contributed by atoms with Gasteiger partial charge < -0.3 is 4.90 Å². The molecule has 2 aromatic rings. The van der Waals surface area contributed by atoms with Crippen LogP contribution in [0.25, 0.3) is 0 Å². The average molecular weight is 422 g/mol. The molecule has 1 aliphatic carbocycles. The van der Waals surface area contributed by atoms with Crippen LogP contribution in [0.1, 0.15) is 51.4 Å². The summed E-state index contributed by atoms with van der Waals surface area (Å²) in [5, 5.41) is 7.57. The lowest BCUT2D eigenvalue weighted by Crippen LogP contribution is -2.48. The van der Waals surface area contributed by atoms with Crippen molar-refractivity contribution in [3.63, 3.8) is 0 Å². The molecular weight excluding hydrogens is 394 g/mol. The van der Waals surface area contributed by atoms with E-state index >= 15 is 0 Å². The molecule has 3 heterocycles. The molecule has 1 saturated heterocycles. The molecule has 2 aliphatic heterocycles. The Bertz CT molecular complexity index is 1020. The topological polar surface area (TPSA) is 82.8 Å². The van der Waals surface area contributed by atoms with Gasteiger partial charge in [0, 0.05) is 32.7 Å². The Kier molecular flexibility index (Phi) is 5.31. The van der Waals surface area contributed by atoms with Gasteiger partial charge in [-0.3, -0.25) is 19.4 Å². The first-order chi connectivity index (χ1) is 15.1. The Morgan fingerprint density at radius 2 is 1.90 bits per heavy atom. The predicted molar refractivity (Wildman–Crippen MR) is 115 cm³/mol. The second-order valence-corrected chi connectivity index (χ2v) is 8.63. The van der Waals surface area contributed by atoms with Gasteiger partial charge in [-0.15, -0.1) is 0 Å². The molecule has 1 fully saturated rings. The van der Waals surface area contributed by atoms with Crippen LogP contribution in [-0.4, -0.2) is 64.7 Å². The van der Waals surface area contributed by atoms with Crippen molar-refractivity contribution in [2.75, 3.05) is 37.6 Å². The van der Waals surface area contributed by atoms with Crippen LogP contribution in [0.5, 0.6) is 0 Å². The summed E-state index contributed by atoms with van der Waals surface area (Å²) in [5.41, 5.74) is 2.91. The Hall–Kier alpha value is -3.00. The van der Waals surface area contributed by atoms with Crippen molar-refractivity contribution in [1.29, 1.82) is 0 Å². The first-order valence-electron chi connectivity index (χ1n) is 11.0. The van der Waals surface area contributed by atoms with Crippen molar-refractivity contribution in [3.8, 4) is 0 Å². The van der Waals surface area contributed by atoms with E-state index < -0.39 is 0 Å². The summed E-state index contributed by atoms with van der Waals surface area (Å²) in [4.78, 5) is 32.2. The lowest BCUT2D eigenvalue weighted by molar-refractivity contribution is 0.0639. The number of piperazine rings is 1. The van der Waals surface area contributed by atoms with Gasteiger partial charge in [0.25, 0.3) is 11.8 Å². The van der Waals surface area contributed by atoms with Crippen molar-refractivity contribution >= 4 is 17.5 Å². The fourth-order valence-corrected chi connectivity index (χ4v) is 4.82. The molecule has 0 N–H and O–H groups in total. The third-order valence-corrected chi connectivity index (χ3v) is 6.64. The van der Waals surface area contributed by atoms with E-state index in [0.717, 1.165) is 44.3 Å². The number of hydrogen-bond donors (Lipinski definition) is 0. The number of fused-ring (bicyclic) bond motifs is 1. The van der Waals surface area contributed by atoms with Crippen LogP contribution in [0.2, 0.25) is 0 Å². The molecule has 0 spiro atoms. The molecule has 1 atom stereocenters. The van der Waals surface area contributed by atoms with E-state index in [2.05, 4.69) is 32.3 Å². The summed E-state index contributed by atoms with van der Waals surface area (Å²) in [6.07, 6.45) is 8.24. The van der Waals surface area contributed by atoms with Gasteiger partial charge in [0.05, 0.1) is 23.4 Å². The van der Waals surface area contributed by atoms with Crippen molar-refractivity contribution in [1.82, 2.24) is 20.1 Å². The molecule has 5 rings (SSSR count). The molecule has 1 aromatic heterocycles. The molecule has 8 nitrogen and oxygen atoms in total. The summed E-state index contributed by atoms with van der Waals surface area (Å²) >= 11 is 0. The van der Waals surface area contributed by atoms with Crippen molar-refractivity contribution in [3.05, 3.63) is 52.9 Å². The number of imide groups is 1. The number of hydrogen-bond acceptors (Lipinski definition) is 7. The normalized spacial score (nSPS) is 21.8. The number of benzene rings is 1. The van der Waals surface area contributed by atoms with Crippen LogP contribution in [0, 0.1) is 12.8 Å². The highest BCUT2D eigenvalue weighted by atomic mass is 16.6. The molecule has 0 radical (unpaired) electrons. The zero-order chi connectivity index (χ0) is 21.4. The second-order valence-electron chi connectivity index (χ2n) is 8.63. The van der Waals surface area contributed by atoms with Gasteiger partial charge in [0.2, 0.25) is 0 Å². The number of anilines is 1. The van der Waals surface area contributed by atoms with E-state index in [4.69, 9.17) is 4.63 Å². The SMILES string of the molecule is Cc1nonc1CN1C(=O)c2cccc(N3CCN(CC4CC=CCC4)CC3)c2C1=O. The maximum Gasteiger partial charge on any atom is 0.264 e. The minimum Gasteiger partial charge on any atom is -0.368 e. The van der Waals surface area contributed by atoms with Gasteiger partial charge in [-0.2, -0.15) is 0 Å². The standard InChI is InChI=1S/C23H27N5O3/c1-16-19(25-31-24-16)15-28-22(29)18-8-5-9-20(21(18)23(28)30)27-12-10-26(11-13-27)14-17-6-3-2-4-7-17/h2-3,5,8-9,17H,4,6-7,10-15H2,1H3. The zero-order valence-corrected chi connectivity index (χ0v) is 17.8. The Morgan fingerprint density at radius 3 is 2.61 bits per heavy atom. The van der Waals surface area contributed by atoms with E-state index in [1.165, 1.54) is 24.2 Å². The minimum atomic E-state index is -0.284. The number of aryl methyl sites for hydroxylation is 1. The first kappa shape index (κ1) is 19.9. The minimum absolute atomic E-state index is 0.0741. The summed E-state index contributed by atoms with van der Waals surface area (Å²) in [6.45, 7) is 6.61. The van der Waals surface area contributed by atoms with Crippen LogP contribution in [0.3, 0.4) is 0 Å². The van der Waals surface area contributed by atoms with Gasteiger partial charge in [-0.05, 0) is 44.2 Å². The maximum atomic E-state index is 13.2. The van der Waals surface area contributed by atoms with Crippen LogP contribution >= 0.6 is 0 Å². The van der Waals surface area contributed by atoms with E-state index in [0.29, 0.717) is 22.5 Å². The summed E-state index contributed by atoms with van der Waals surface area (Å²) in [7, 11) is 0.